The van der Waals surface area contributed by atoms with Crippen molar-refractivity contribution in [3.05, 3.63) is 0 Å². The molecule has 0 radical (unpaired) electrons. The van der Waals surface area contributed by atoms with E-state index in [1.165, 1.54) is 0 Å². The van der Waals surface area contributed by atoms with Crippen LogP contribution in [0, 0.1) is 0 Å². The normalized spacial score (nSPS) is 12.6. The summed E-state index contributed by atoms with van der Waals surface area (Å²) in [5, 5.41) is -1.30. The van der Waals surface area contributed by atoms with Crippen molar-refractivity contribution >= 4 is 21.1 Å². The van der Waals surface area contributed by atoms with Gasteiger partial charge in [-0.15, -0.1) is 0 Å². The Morgan fingerprint density at radius 2 is 1.07 bits per heavy atom. The van der Waals surface area contributed by atoms with Crippen LogP contribution in [0.15, 0.2) is 0 Å². The zero-order chi connectivity index (χ0) is 20.9. The highest BCUT2D eigenvalue weighted by molar-refractivity contribution is 7.72. The summed E-state index contributed by atoms with van der Waals surface area (Å²) in [6.45, 7) is 12.1. The number of nitrogens with zero attached hydrogens (tertiary/aromatic N) is 1. The molecule has 1 amide bonds. The van der Waals surface area contributed by atoms with Crippen LogP contribution in [-0.4, -0.2) is 55.7 Å². The van der Waals surface area contributed by atoms with E-state index in [-0.39, 0.29) is 38.8 Å². The Labute approximate surface area is 164 Å². The number of hydrogen-bond donors (Lipinski definition) is 0. The summed E-state index contributed by atoms with van der Waals surface area (Å²) >= 11 is 0. The Bertz CT molecular complexity index is 460. The number of rotatable bonds is 16. The predicted octanol–water partition coefficient (Wildman–Crippen LogP) is 4.88. The molecular formula is C17H37NO7P2. The average molecular weight is 429 g/mol. The van der Waals surface area contributed by atoms with E-state index in [1.807, 2.05) is 13.8 Å². The van der Waals surface area contributed by atoms with Crippen LogP contribution in [-0.2, 0) is 32.0 Å². The maximum atomic E-state index is 13.4. The highest BCUT2D eigenvalue weighted by atomic mass is 31.2. The van der Waals surface area contributed by atoms with Gasteiger partial charge in [-0.3, -0.25) is 13.9 Å². The summed E-state index contributed by atoms with van der Waals surface area (Å²) in [5.74, 6) is -0.261. The largest absolute Gasteiger partial charge is 0.346 e. The predicted molar refractivity (Wildman–Crippen MR) is 107 cm³/mol. The minimum Gasteiger partial charge on any atom is -0.343 e. The number of hydrogen-bond acceptors (Lipinski definition) is 7. The topological polar surface area (TPSA) is 91.4 Å². The molecule has 0 bridgehead atoms. The molecule has 0 unspecified atom stereocenters. The van der Waals surface area contributed by atoms with Gasteiger partial charge in [0, 0.05) is 13.1 Å². The summed E-state index contributed by atoms with van der Waals surface area (Å²) < 4.78 is 48.5. The van der Waals surface area contributed by atoms with Crippen molar-refractivity contribution in [1.82, 2.24) is 4.90 Å². The van der Waals surface area contributed by atoms with Crippen LogP contribution in [0.3, 0.4) is 0 Å². The van der Waals surface area contributed by atoms with Crippen molar-refractivity contribution in [3.63, 3.8) is 0 Å². The SMILES string of the molecule is CCCN(CCC)C(=O)CC(P(=O)(OCC)OCC)P(=O)(OCC)OCC. The molecule has 0 saturated carbocycles. The first-order valence-corrected chi connectivity index (χ1v) is 13.1. The molecule has 0 aliphatic rings. The second kappa shape index (κ2) is 13.9. The molecule has 0 aliphatic carbocycles. The number of carbonyl (C=O) groups excluding carboxylic acids is 1. The van der Waals surface area contributed by atoms with Gasteiger partial charge in [-0.1, -0.05) is 13.8 Å². The summed E-state index contributed by atoms with van der Waals surface area (Å²) in [5.41, 5.74) is 0. The van der Waals surface area contributed by atoms with E-state index in [0.717, 1.165) is 12.8 Å². The van der Waals surface area contributed by atoms with Gasteiger partial charge in [0.05, 0.1) is 32.8 Å². The fourth-order valence-electron chi connectivity index (χ4n) is 2.72. The summed E-state index contributed by atoms with van der Waals surface area (Å²) in [7, 11) is -7.81. The van der Waals surface area contributed by atoms with Crippen LogP contribution in [0.5, 0.6) is 0 Å². The summed E-state index contributed by atoms with van der Waals surface area (Å²) in [6.07, 6.45) is 1.30. The van der Waals surface area contributed by atoms with Gasteiger partial charge in [-0.05, 0) is 40.5 Å². The maximum Gasteiger partial charge on any atom is 0.346 e. The minimum atomic E-state index is -3.90. The summed E-state index contributed by atoms with van der Waals surface area (Å²) in [6, 6.07) is 0. The van der Waals surface area contributed by atoms with Crippen LogP contribution in [0.1, 0.15) is 60.8 Å². The van der Waals surface area contributed by atoms with Crippen LogP contribution in [0.25, 0.3) is 0 Å². The Balaban J connectivity index is 5.98. The van der Waals surface area contributed by atoms with Crippen molar-refractivity contribution in [1.29, 1.82) is 0 Å². The second-order valence-electron chi connectivity index (χ2n) is 5.82. The quantitative estimate of drug-likeness (QED) is 0.323. The molecule has 0 aromatic rings. The van der Waals surface area contributed by atoms with Gasteiger partial charge in [0.1, 0.15) is 0 Å². The van der Waals surface area contributed by atoms with Gasteiger partial charge >= 0.3 is 15.2 Å². The monoisotopic (exact) mass is 429 g/mol. The highest BCUT2D eigenvalue weighted by Gasteiger charge is 2.52. The second-order valence-corrected chi connectivity index (χ2v) is 10.7. The molecule has 0 fully saturated rings. The molecule has 0 rings (SSSR count). The Morgan fingerprint density at radius 1 is 0.741 bits per heavy atom. The Hall–Kier alpha value is -0.230. The third-order valence-corrected chi connectivity index (χ3v) is 9.66. The fourth-order valence-corrected chi connectivity index (χ4v) is 7.94. The molecule has 0 aromatic carbocycles. The maximum absolute atomic E-state index is 13.4. The van der Waals surface area contributed by atoms with Gasteiger partial charge < -0.3 is 23.0 Å². The van der Waals surface area contributed by atoms with Crippen molar-refractivity contribution in [2.24, 2.45) is 0 Å². The van der Waals surface area contributed by atoms with Gasteiger partial charge in [-0.2, -0.15) is 0 Å². The van der Waals surface area contributed by atoms with E-state index in [9.17, 15) is 13.9 Å². The molecule has 0 N–H and O–H groups in total. The van der Waals surface area contributed by atoms with Crippen LogP contribution in [0.4, 0.5) is 0 Å². The molecule has 162 valence electrons. The molecule has 27 heavy (non-hydrogen) atoms. The Morgan fingerprint density at radius 3 is 1.33 bits per heavy atom. The zero-order valence-corrected chi connectivity index (χ0v) is 19.4. The molecule has 0 saturated heterocycles. The Kier molecular flexibility index (Phi) is 13.7. The van der Waals surface area contributed by atoms with Crippen molar-refractivity contribution in [2.45, 2.75) is 66.2 Å². The van der Waals surface area contributed by atoms with Crippen molar-refractivity contribution in [3.8, 4) is 0 Å². The third kappa shape index (κ3) is 8.35. The lowest BCUT2D eigenvalue weighted by molar-refractivity contribution is -0.131. The highest BCUT2D eigenvalue weighted by Crippen LogP contribution is 2.71. The lowest BCUT2D eigenvalue weighted by Gasteiger charge is -2.32. The van der Waals surface area contributed by atoms with Crippen molar-refractivity contribution < 1.29 is 32.0 Å². The average Bonchev–Trinajstić information content (AvgIpc) is 2.60. The zero-order valence-electron chi connectivity index (χ0n) is 17.6. The van der Waals surface area contributed by atoms with E-state index in [0.29, 0.717) is 13.1 Å². The van der Waals surface area contributed by atoms with Gasteiger partial charge in [-0.25, -0.2) is 0 Å². The van der Waals surface area contributed by atoms with E-state index >= 15 is 0 Å². The molecule has 0 aromatic heterocycles. The van der Waals surface area contributed by atoms with Gasteiger partial charge in [0.2, 0.25) is 5.91 Å². The van der Waals surface area contributed by atoms with Crippen LogP contribution >= 0.6 is 15.2 Å². The minimum absolute atomic E-state index is 0.0911. The molecular weight excluding hydrogens is 392 g/mol. The van der Waals surface area contributed by atoms with E-state index < -0.39 is 20.6 Å². The van der Waals surface area contributed by atoms with E-state index in [4.69, 9.17) is 18.1 Å². The molecule has 10 heteroatoms. The number of carbonyl (C=O) groups is 1. The first-order valence-electron chi connectivity index (χ1n) is 9.83. The van der Waals surface area contributed by atoms with Crippen LogP contribution in [0.2, 0.25) is 0 Å². The molecule has 0 aliphatic heterocycles. The molecule has 0 heterocycles. The molecule has 8 nitrogen and oxygen atoms in total. The van der Waals surface area contributed by atoms with Crippen LogP contribution < -0.4 is 0 Å². The lowest BCUT2D eigenvalue weighted by atomic mass is 10.3. The first kappa shape index (κ1) is 26.8. The third-order valence-electron chi connectivity index (χ3n) is 3.66. The lowest BCUT2D eigenvalue weighted by Crippen LogP contribution is -2.35. The van der Waals surface area contributed by atoms with E-state index in [2.05, 4.69) is 0 Å². The van der Waals surface area contributed by atoms with Gasteiger partial charge in [0.15, 0.2) is 5.40 Å². The first-order chi connectivity index (χ1) is 12.8. The van der Waals surface area contributed by atoms with E-state index in [1.54, 1.807) is 32.6 Å². The van der Waals surface area contributed by atoms with Gasteiger partial charge in [0.25, 0.3) is 0 Å². The summed E-state index contributed by atoms with van der Waals surface area (Å²) in [4.78, 5) is 14.6. The standard InChI is InChI=1S/C17H37NO7P2/c1-7-13-18(14-8-2)16(19)15-17(26(20,22-9-3)23-10-4)27(21,24-11-5)25-12-6/h17H,7-15H2,1-6H3. The number of amides is 1. The fraction of sp³-hybridized carbons (Fsp3) is 0.941. The van der Waals surface area contributed by atoms with Crippen molar-refractivity contribution in [2.75, 3.05) is 39.5 Å². The molecule has 0 atom stereocenters. The smallest absolute Gasteiger partial charge is 0.343 e. The molecule has 0 spiro atoms.